The molecule has 168 valence electrons. The lowest BCUT2D eigenvalue weighted by atomic mass is 10.1. The molecule has 0 aliphatic carbocycles. The van der Waals surface area contributed by atoms with E-state index in [0.29, 0.717) is 32.6 Å². The molecule has 1 N–H and O–H groups in total. The standard InChI is InChI=1S/C23H20Cl3NO4S/c1-12-20(32-21(27-12)14-6-4-5-7-15(14)24)16(28)10-8-13-9-11-17(19(26)18(13)25)31-23(2,3)22(29)30/h4-7,9,11H,8,10H2,1-3H3,(H,29,30). The smallest absolute Gasteiger partial charge is 0.347 e. The topological polar surface area (TPSA) is 76.5 Å². The molecule has 1 aromatic heterocycles. The summed E-state index contributed by atoms with van der Waals surface area (Å²) in [5.74, 6) is -1.02. The number of thiazole rings is 1. The number of carbonyl (C=O) groups excluding carboxylic acids is 1. The number of ether oxygens (including phenoxy) is 1. The number of aromatic nitrogens is 1. The number of ketones is 1. The van der Waals surface area contributed by atoms with Crippen molar-refractivity contribution in [1.29, 1.82) is 0 Å². The second kappa shape index (κ2) is 9.79. The minimum absolute atomic E-state index is 0.0576. The molecular formula is C23H20Cl3NO4S. The molecule has 0 bridgehead atoms. The van der Waals surface area contributed by atoms with E-state index in [1.54, 1.807) is 25.1 Å². The molecule has 3 rings (SSSR count). The van der Waals surface area contributed by atoms with Gasteiger partial charge in [0.1, 0.15) is 15.8 Å². The maximum absolute atomic E-state index is 12.9. The van der Waals surface area contributed by atoms with Gasteiger partial charge in [-0.2, -0.15) is 0 Å². The molecule has 0 fully saturated rings. The number of hydrogen-bond donors (Lipinski definition) is 1. The van der Waals surface area contributed by atoms with Crippen molar-refractivity contribution in [3.8, 4) is 16.3 Å². The van der Waals surface area contributed by atoms with E-state index < -0.39 is 11.6 Å². The fraction of sp³-hybridized carbons (Fsp3) is 0.261. The zero-order chi connectivity index (χ0) is 23.6. The molecule has 5 nitrogen and oxygen atoms in total. The van der Waals surface area contributed by atoms with Crippen LogP contribution in [0.4, 0.5) is 0 Å². The first-order valence-corrected chi connectivity index (χ1v) is 11.6. The Labute approximate surface area is 204 Å². The molecule has 32 heavy (non-hydrogen) atoms. The van der Waals surface area contributed by atoms with Gasteiger partial charge in [-0.1, -0.05) is 59.1 Å². The summed E-state index contributed by atoms with van der Waals surface area (Å²) in [5.41, 5.74) is 0.641. The molecule has 0 aliphatic heterocycles. The Kier molecular flexibility index (Phi) is 7.50. The maximum Gasteiger partial charge on any atom is 0.347 e. The number of halogens is 3. The van der Waals surface area contributed by atoms with Crippen LogP contribution in [0, 0.1) is 6.92 Å². The third-order valence-electron chi connectivity index (χ3n) is 4.78. The van der Waals surface area contributed by atoms with Crippen molar-refractivity contribution in [3.63, 3.8) is 0 Å². The van der Waals surface area contributed by atoms with Gasteiger partial charge in [-0.15, -0.1) is 11.3 Å². The monoisotopic (exact) mass is 511 g/mol. The highest BCUT2D eigenvalue weighted by Gasteiger charge is 2.30. The summed E-state index contributed by atoms with van der Waals surface area (Å²) in [7, 11) is 0. The van der Waals surface area contributed by atoms with Gasteiger partial charge in [0, 0.05) is 12.0 Å². The normalized spacial score (nSPS) is 11.4. The lowest BCUT2D eigenvalue weighted by molar-refractivity contribution is -0.152. The third kappa shape index (κ3) is 5.26. The molecule has 0 spiro atoms. The SMILES string of the molecule is Cc1nc(-c2ccccc2Cl)sc1C(=O)CCc1ccc(OC(C)(C)C(=O)O)c(Cl)c1Cl. The number of carboxylic acids is 1. The third-order valence-corrected chi connectivity index (χ3v) is 7.25. The first-order chi connectivity index (χ1) is 15.0. The van der Waals surface area contributed by atoms with Crippen LogP contribution >= 0.6 is 46.1 Å². The Balaban J connectivity index is 1.75. The van der Waals surface area contributed by atoms with E-state index in [4.69, 9.17) is 39.5 Å². The quantitative estimate of drug-likeness (QED) is 0.325. The molecule has 2 aromatic carbocycles. The fourth-order valence-electron chi connectivity index (χ4n) is 2.93. The lowest BCUT2D eigenvalue weighted by Gasteiger charge is -2.23. The Morgan fingerprint density at radius 2 is 1.78 bits per heavy atom. The van der Waals surface area contributed by atoms with E-state index in [1.165, 1.54) is 25.2 Å². The number of carboxylic acid groups (broad SMARTS) is 1. The van der Waals surface area contributed by atoms with Gasteiger partial charge in [0.15, 0.2) is 11.4 Å². The maximum atomic E-state index is 12.9. The number of benzene rings is 2. The Hall–Kier alpha value is -2.12. The van der Waals surface area contributed by atoms with Crippen molar-refractivity contribution in [2.45, 2.75) is 39.2 Å². The first-order valence-electron chi connectivity index (χ1n) is 9.66. The zero-order valence-electron chi connectivity index (χ0n) is 17.5. The highest BCUT2D eigenvalue weighted by molar-refractivity contribution is 7.17. The van der Waals surface area contributed by atoms with Crippen LogP contribution in [0.2, 0.25) is 15.1 Å². The van der Waals surface area contributed by atoms with Gasteiger partial charge in [0.2, 0.25) is 0 Å². The van der Waals surface area contributed by atoms with Gasteiger partial charge < -0.3 is 9.84 Å². The second-order valence-electron chi connectivity index (χ2n) is 7.60. The fourth-order valence-corrected chi connectivity index (χ4v) is 4.76. The van der Waals surface area contributed by atoms with Crippen LogP contribution in [0.5, 0.6) is 5.75 Å². The predicted octanol–water partition coefficient (Wildman–Crippen LogP) is 7.14. The number of nitrogens with zero attached hydrogens (tertiary/aromatic N) is 1. The van der Waals surface area contributed by atoms with Crippen molar-refractivity contribution in [3.05, 3.63) is 67.6 Å². The minimum atomic E-state index is -1.46. The molecule has 0 saturated heterocycles. The van der Waals surface area contributed by atoms with E-state index in [-0.39, 0.29) is 28.0 Å². The zero-order valence-corrected chi connectivity index (χ0v) is 20.6. The Morgan fingerprint density at radius 1 is 1.09 bits per heavy atom. The second-order valence-corrected chi connectivity index (χ2v) is 9.77. The molecule has 3 aromatic rings. The van der Waals surface area contributed by atoms with Crippen molar-refractivity contribution < 1.29 is 19.4 Å². The van der Waals surface area contributed by atoms with Crippen LogP contribution < -0.4 is 4.74 Å². The summed E-state index contributed by atoms with van der Waals surface area (Å²) in [6.45, 7) is 4.63. The number of rotatable bonds is 8. The van der Waals surface area contributed by atoms with Gasteiger partial charge >= 0.3 is 5.97 Å². The molecule has 0 radical (unpaired) electrons. The molecule has 0 unspecified atom stereocenters. The minimum Gasteiger partial charge on any atom is -0.478 e. The van der Waals surface area contributed by atoms with Crippen molar-refractivity contribution >= 4 is 57.9 Å². The van der Waals surface area contributed by atoms with E-state index in [9.17, 15) is 14.7 Å². The summed E-state index contributed by atoms with van der Waals surface area (Å²) in [5, 5.41) is 10.9. The van der Waals surface area contributed by atoms with Gasteiger partial charge in [0.25, 0.3) is 0 Å². The number of Topliss-reactive ketones (excluding diaryl/α,β-unsaturated/α-hetero) is 1. The molecule has 0 amide bonds. The predicted molar refractivity (Wildman–Crippen MR) is 129 cm³/mol. The average Bonchev–Trinajstić information content (AvgIpc) is 3.12. The van der Waals surface area contributed by atoms with Crippen molar-refractivity contribution in [2.24, 2.45) is 0 Å². The number of carbonyl (C=O) groups is 2. The number of aliphatic carboxylic acids is 1. The number of aryl methyl sites for hydroxylation is 2. The summed E-state index contributed by atoms with van der Waals surface area (Å²) in [6, 6.07) is 10.6. The molecule has 9 heteroatoms. The summed E-state index contributed by atoms with van der Waals surface area (Å²) < 4.78 is 5.49. The summed E-state index contributed by atoms with van der Waals surface area (Å²) in [6.07, 6.45) is 0.570. The average molecular weight is 513 g/mol. The Bertz CT molecular complexity index is 1190. The molecule has 1 heterocycles. The lowest BCUT2D eigenvalue weighted by Crippen LogP contribution is -2.38. The van der Waals surface area contributed by atoms with Crippen molar-refractivity contribution in [1.82, 2.24) is 4.98 Å². The summed E-state index contributed by atoms with van der Waals surface area (Å²) >= 11 is 20.2. The molecule has 0 aliphatic rings. The van der Waals surface area contributed by atoms with Gasteiger partial charge in [0.05, 0.1) is 20.6 Å². The summed E-state index contributed by atoms with van der Waals surface area (Å²) in [4.78, 5) is 29.2. The Morgan fingerprint density at radius 3 is 2.44 bits per heavy atom. The van der Waals surface area contributed by atoms with Crippen LogP contribution in [0.3, 0.4) is 0 Å². The molecule has 0 saturated carbocycles. The van der Waals surface area contributed by atoms with Crippen molar-refractivity contribution in [2.75, 3.05) is 0 Å². The number of hydrogen-bond acceptors (Lipinski definition) is 5. The van der Waals surface area contributed by atoms with E-state index in [2.05, 4.69) is 4.98 Å². The largest absolute Gasteiger partial charge is 0.478 e. The van der Waals surface area contributed by atoms with Gasteiger partial charge in [-0.25, -0.2) is 9.78 Å². The van der Waals surface area contributed by atoms with E-state index in [1.807, 2.05) is 18.2 Å². The van der Waals surface area contributed by atoms with E-state index >= 15 is 0 Å². The van der Waals surface area contributed by atoms with Crippen LogP contribution in [-0.4, -0.2) is 27.4 Å². The van der Waals surface area contributed by atoms with Crippen LogP contribution in [-0.2, 0) is 11.2 Å². The highest BCUT2D eigenvalue weighted by Crippen LogP contribution is 2.38. The first kappa shape index (κ1) is 24.5. The van der Waals surface area contributed by atoms with Gasteiger partial charge in [-0.05, 0) is 44.9 Å². The van der Waals surface area contributed by atoms with Crippen LogP contribution in [0.1, 0.15) is 41.2 Å². The highest BCUT2D eigenvalue weighted by atomic mass is 35.5. The van der Waals surface area contributed by atoms with Crippen LogP contribution in [0.15, 0.2) is 36.4 Å². The van der Waals surface area contributed by atoms with E-state index in [0.717, 1.165) is 5.56 Å². The van der Waals surface area contributed by atoms with Crippen LogP contribution in [0.25, 0.3) is 10.6 Å². The van der Waals surface area contributed by atoms with Gasteiger partial charge in [-0.3, -0.25) is 4.79 Å². The molecule has 0 atom stereocenters. The molecular weight excluding hydrogens is 493 g/mol.